The SMILES string of the molecule is Cc1cccc(OC(C)C(=O)Nc2ccc(N)cc2)c1. The minimum atomic E-state index is -0.575. The summed E-state index contributed by atoms with van der Waals surface area (Å²) >= 11 is 0. The summed E-state index contributed by atoms with van der Waals surface area (Å²) in [7, 11) is 0. The number of hydrogen-bond acceptors (Lipinski definition) is 3. The van der Waals surface area contributed by atoms with E-state index >= 15 is 0 Å². The van der Waals surface area contributed by atoms with Crippen molar-refractivity contribution in [3.63, 3.8) is 0 Å². The highest BCUT2D eigenvalue weighted by molar-refractivity contribution is 5.94. The molecule has 4 nitrogen and oxygen atoms in total. The second-order valence-corrected chi connectivity index (χ2v) is 4.69. The van der Waals surface area contributed by atoms with E-state index in [1.54, 1.807) is 31.2 Å². The van der Waals surface area contributed by atoms with Crippen molar-refractivity contribution in [3.05, 3.63) is 54.1 Å². The number of carbonyl (C=O) groups excluding carboxylic acids is 1. The summed E-state index contributed by atoms with van der Waals surface area (Å²) in [4.78, 5) is 12.0. The van der Waals surface area contributed by atoms with Crippen molar-refractivity contribution < 1.29 is 9.53 Å². The molecular formula is C16H18N2O2. The molecule has 0 aliphatic carbocycles. The van der Waals surface area contributed by atoms with E-state index in [2.05, 4.69) is 5.32 Å². The van der Waals surface area contributed by atoms with Crippen LogP contribution in [0.15, 0.2) is 48.5 Å². The first-order valence-corrected chi connectivity index (χ1v) is 6.44. The molecule has 1 unspecified atom stereocenters. The van der Waals surface area contributed by atoms with Gasteiger partial charge < -0.3 is 15.8 Å². The Bertz CT molecular complexity index is 594. The van der Waals surface area contributed by atoms with Gasteiger partial charge in [0.2, 0.25) is 0 Å². The fourth-order valence-electron chi connectivity index (χ4n) is 1.76. The number of hydrogen-bond donors (Lipinski definition) is 2. The van der Waals surface area contributed by atoms with Crippen molar-refractivity contribution in [1.29, 1.82) is 0 Å². The monoisotopic (exact) mass is 270 g/mol. The lowest BCUT2D eigenvalue weighted by molar-refractivity contribution is -0.122. The van der Waals surface area contributed by atoms with Gasteiger partial charge in [-0.2, -0.15) is 0 Å². The van der Waals surface area contributed by atoms with Gasteiger partial charge >= 0.3 is 0 Å². The van der Waals surface area contributed by atoms with Gasteiger partial charge in [0.15, 0.2) is 6.10 Å². The molecule has 2 rings (SSSR count). The fraction of sp³-hybridized carbons (Fsp3) is 0.188. The molecule has 2 aromatic rings. The van der Waals surface area contributed by atoms with E-state index in [0.29, 0.717) is 17.1 Å². The maximum absolute atomic E-state index is 12.0. The van der Waals surface area contributed by atoms with Crippen molar-refractivity contribution in [3.8, 4) is 5.75 Å². The predicted octanol–water partition coefficient (Wildman–Crippen LogP) is 2.98. The topological polar surface area (TPSA) is 64.3 Å². The normalized spacial score (nSPS) is 11.7. The lowest BCUT2D eigenvalue weighted by Crippen LogP contribution is -2.30. The molecule has 0 aliphatic heterocycles. The van der Waals surface area contributed by atoms with Crippen LogP contribution in [-0.2, 0) is 4.79 Å². The van der Waals surface area contributed by atoms with Crippen LogP contribution >= 0.6 is 0 Å². The Morgan fingerprint density at radius 2 is 1.90 bits per heavy atom. The first-order valence-electron chi connectivity index (χ1n) is 6.44. The maximum atomic E-state index is 12.0. The Morgan fingerprint density at radius 3 is 2.55 bits per heavy atom. The minimum Gasteiger partial charge on any atom is -0.481 e. The number of ether oxygens (including phenoxy) is 1. The van der Waals surface area contributed by atoms with E-state index in [1.165, 1.54) is 0 Å². The number of anilines is 2. The van der Waals surface area contributed by atoms with Crippen LogP contribution in [0.4, 0.5) is 11.4 Å². The molecule has 0 aliphatic rings. The van der Waals surface area contributed by atoms with Gasteiger partial charge in [0.1, 0.15) is 5.75 Å². The Labute approximate surface area is 118 Å². The lowest BCUT2D eigenvalue weighted by Gasteiger charge is -2.15. The first-order chi connectivity index (χ1) is 9.54. The maximum Gasteiger partial charge on any atom is 0.265 e. The van der Waals surface area contributed by atoms with E-state index < -0.39 is 6.10 Å². The number of nitrogens with two attached hydrogens (primary N) is 1. The Balaban J connectivity index is 1.96. The molecule has 0 fully saturated rings. The molecular weight excluding hydrogens is 252 g/mol. The molecule has 1 atom stereocenters. The average molecular weight is 270 g/mol. The number of benzene rings is 2. The van der Waals surface area contributed by atoms with Crippen LogP contribution in [-0.4, -0.2) is 12.0 Å². The highest BCUT2D eigenvalue weighted by atomic mass is 16.5. The van der Waals surface area contributed by atoms with Gasteiger partial charge in [-0.05, 0) is 55.8 Å². The van der Waals surface area contributed by atoms with Gasteiger partial charge in [-0.3, -0.25) is 4.79 Å². The summed E-state index contributed by atoms with van der Waals surface area (Å²) in [6, 6.07) is 14.6. The molecule has 4 heteroatoms. The molecule has 0 saturated carbocycles. The van der Waals surface area contributed by atoms with E-state index in [4.69, 9.17) is 10.5 Å². The summed E-state index contributed by atoms with van der Waals surface area (Å²) in [6.45, 7) is 3.70. The number of nitrogen functional groups attached to an aromatic ring is 1. The van der Waals surface area contributed by atoms with E-state index in [9.17, 15) is 4.79 Å². The van der Waals surface area contributed by atoms with Crippen molar-refractivity contribution in [2.75, 3.05) is 11.1 Å². The molecule has 3 N–H and O–H groups in total. The third kappa shape index (κ3) is 3.75. The van der Waals surface area contributed by atoms with E-state index in [-0.39, 0.29) is 5.91 Å². The van der Waals surface area contributed by atoms with Crippen LogP contribution in [0.5, 0.6) is 5.75 Å². The number of rotatable bonds is 4. The summed E-state index contributed by atoms with van der Waals surface area (Å²) < 4.78 is 5.62. The van der Waals surface area contributed by atoms with Crippen LogP contribution in [0.25, 0.3) is 0 Å². The van der Waals surface area contributed by atoms with E-state index in [1.807, 2.05) is 31.2 Å². The van der Waals surface area contributed by atoms with Gasteiger partial charge in [0, 0.05) is 11.4 Å². The minimum absolute atomic E-state index is 0.198. The molecule has 0 saturated heterocycles. The lowest BCUT2D eigenvalue weighted by atomic mass is 10.2. The Hall–Kier alpha value is -2.49. The highest BCUT2D eigenvalue weighted by Gasteiger charge is 2.14. The zero-order valence-electron chi connectivity index (χ0n) is 11.6. The van der Waals surface area contributed by atoms with Crippen LogP contribution in [0.2, 0.25) is 0 Å². The summed E-state index contributed by atoms with van der Waals surface area (Å²) in [5, 5.41) is 2.78. The molecule has 0 bridgehead atoms. The molecule has 104 valence electrons. The zero-order chi connectivity index (χ0) is 14.5. The number of amides is 1. The van der Waals surface area contributed by atoms with Gasteiger partial charge in [0.25, 0.3) is 5.91 Å². The first kappa shape index (κ1) is 13.9. The number of nitrogens with one attached hydrogen (secondary N) is 1. The molecule has 0 spiro atoms. The van der Waals surface area contributed by atoms with Crippen LogP contribution in [0.1, 0.15) is 12.5 Å². The summed E-state index contributed by atoms with van der Waals surface area (Å²) in [6.07, 6.45) is -0.575. The largest absolute Gasteiger partial charge is 0.481 e. The second-order valence-electron chi connectivity index (χ2n) is 4.69. The fourth-order valence-corrected chi connectivity index (χ4v) is 1.76. The van der Waals surface area contributed by atoms with Crippen LogP contribution in [0.3, 0.4) is 0 Å². The van der Waals surface area contributed by atoms with Crippen molar-refractivity contribution >= 4 is 17.3 Å². The van der Waals surface area contributed by atoms with Gasteiger partial charge in [-0.25, -0.2) is 0 Å². The molecule has 1 amide bonds. The van der Waals surface area contributed by atoms with Crippen molar-refractivity contribution in [2.24, 2.45) is 0 Å². The molecule has 0 heterocycles. The highest BCUT2D eigenvalue weighted by Crippen LogP contribution is 2.15. The standard InChI is InChI=1S/C16H18N2O2/c1-11-4-3-5-15(10-11)20-12(2)16(19)18-14-8-6-13(17)7-9-14/h3-10,12H,17H2,1-2H3,(H,18,19). The zero-order valence-corrected chi connectivity index (χ0v) is 11.6. The van der Waals surface area contributed by atoms with Gasteiger partial charge in [0.05, 0.1) is 0 Å². The Morgan fingerprint density at radius 1 is 1.20 bits per heavy atom. The van der Waals surface area contributed by atoms with Crippen molar-refractivity contribution in [2.45, 2.75) is 20.0 Å². The average Bonchev–Trinajstić information content (AvgIpc) is 2.41. The van der Waals surface area contributed by atoms with Gasteiger partial charge in [-0.1, -0.05) is 12.1 Å². The predicted molar refractivity (Wildman–Crippen MR) is 80.8 cm³/mol. The number of aryl methyl sites for hydroxylation is 1. The quantitative estimate of drug-likeness (QED) is 0.839. The molecule has 20 heavy (non-hydrogen) atoms. The number of carbonyl (C=O) groups is 1. The molecule has 0 aromatic heterocycles. The molecule has 0 radical (unpaired) electrons. The summed E-state index contributed by atoms with van der Waals surface area (Å²) in [5.74, 6) is 0.487. The van der Waals surface area contributed by atoms with Gasteiger partial charge in [-0.15, -0.1) is 0 Å². The summed E-state index contributed by atoms with van der Waals surface area (Å²) in [5.41, 5.74) is 8.04. The second kappa shape index (κ2) is 6.10. The van der Waals surface area contributed by atoms with Crippen molar-refractivity contribution in [1.82, 2.24) is 0 Å². The van der Waals surface area contributed by atoms with Crippen LogP contribution in [0, 0.1) is 6.92 Å². The third-order valence-corrected chi connectivity index (χ3v) is 2.85. The smallest absolute Gasteiger partial charge is 0.265 e. The van der Waals surface area contributed by atoms with E-state index in [0.717, 1.165) is 5.56 Å². The molecule has 2 aromatic carbocycles. The third-order valence-electron chi connectivity index (χ3n) is 2.85. The Kier molecular flexibility index (Phi) is 4.25. The van der Waals surface area contributed by atoms with Crippen LogP contribution < -0.4 is 15.8 Å².